The van der Waals surface area contributed by atoms with Crippen LogP contribution in [-0.2, 0) is 9.53 Å². The van der Waals surface area contributed by atoms with Crippen molar-refractivity contribution in [2.45, 2.75) is 58.5 Å². The average molecular weight is 295 g/mol. The maximum atomic E-state index is 12.6. The standard InChI is InChI=1S/C16H25NO4/c1-14(2,3)16(11-4-5-11)10-15(12(18)21-16)6-8-17(9-7-15)13(19)20/h11H,4-10H2,1-3H3,(H,19,20). The molecule has 1 amide bonds. The molecule has 2 heterocycles. The van der Waals surface area contributed by atoms with Crippen LogP contribution in [0.2, 0.25) is 0 Å². The molecule has 0 aromatic rings. The van der Waals surface area contributed by atoms with Gasteiger partial charge in [0.15, 0.2) is 0 Å². The fourth-order valence-electron chi connectivity index (χ4n) is 4.20. The van der Waals surface area contributed by atoms with Gasteiger partial charge in [-0.3, -0.25) is 4.79 Å². The van der Waals surface area contributed by atoms with Gasteiger partial charge in [0.1, 0.15) is 5.60 Å². The highest BCUT2D eigenvalue weighted by Crippen LogP contribution is 2.61. The van der Waals surface area contributed by atoms with Crippen LogP contribution in [0.15, 0.2) is 0 Å². The van der Waals surface area contributed by atoms with E-state index in [-0.39, 0.29) is 17.0 Å². The van der Waals surface area contributed by atoms with Crippen LogP contribution in [0.1, 0.15) is 52.9 Å². The van der Waals surface area contributed by atoms with E-state index in [1.807, 2.05) is 0 Å². The number of ether oxygens (including phenoxy) is 1. The summed E-state index contributed by atoms with van der Waals surface area (Å²) in [6.07, 6.45) is 3.36. The zero-order chi connectivity index (χ0) is 15.5. The van der Waals surface area contributed by atoms with E-state index in [0.717, 1.165) is 19.3 Å². The van der Waals surface area contributed by atoms with Crippen molar-refractivity contribution in [2.24, 2.45) is 16.7 Å². The summed E-state index contributed by atoms with van der Waals surface area (Å²) in [6, 6.07) is 0. The van der Waals surface area contributed by atoms with Gasteiger partial charge in [0, 0.05) is 24.9 Å². The molecule has 118 valence electrons. The number of hydrogen-bond acceptors (Lipinski definition) is 3. The fraction of sp³-hybridized carbons (Fsp3) is 0.875. The van der Waals surface area contributed by atoms with Gasteiger partial charge >= 0.3 is 12.1 Å². The Morgan fingerprint density at radius 2 is 1.86 bits per heavy atom. The Balaban J connectivity index is 1.83. The highest BCUT2D eigenvalue weighted by molar-refractivity contribution is 5.80. The molecule has 0 bridgehead atoms. The number of carboxylic acid groups (broad SMARTS) is 1. The monoisotopic (exact) mass is 295 g/mol. The lowest BCUT2D eigenvalue weighted by Gasteiger charge is -2.42. The molecule has 5 nitrogen and oxygen atoms in total. The number of carbonyl (C=O) groups is 2. The van der Waals surface area contributed by atoms with Crippen LogP contribution in [0.25, 0.3) is 0 Å². The van der Waals surface area contributed by atoms with Crippen molar-refractivity contribution in [3.8, 4) is 0 Å². The first-order valence-corrected chi connectivity index (χ1v) is 7.92. The Kier molecular flexibility index (Phi) is 3.05. The molecule has 3 fully saturated rings. The molecule has 1 saturated carbocycles. The normalized spacial score (nSPS) is 32.3. The van der Waals surface area contributed by atoms with Crippen LogP contribution in [0.3, 0.4) is 0 Å². The van der Waals surface area contributed by atoms with Crippen LogP contribution in [0, 0.1) is 16.7 Å². The molecule has 1 unspecified atom stereocenters. The molecule has 1 N–H and O–H groups in total. The Morgan fingerprint density at radius 3 is 2.29 bits per heavy atom. The second kappa shape index (κ2) is 4.37. The van der Waals surface area contributed by atoms with Crippen LogP contribution in [0.5, 0.6) is 0 Å². The third kappa shape index (κ3) is 2.12. The summed E-state index contributed by atoms with van der Waals surface area (Å²) < 4.78 is 6.02. The lowest BCUT2D eigenvalue weighted by molar-refractivity contribution is -0.165. The first-order chi connectivity index (χ1) is 9.70. The minimum Gasteiger partial charge on any atom is -0.465 e. The van der Waals surface area contributed by atoms with Crippen LogP contribution in [0.4, 0.5) is 4.79 Å². The molecule has 21 heavy (non-hydrogen) atoms. The summed E-state index contributed by atoms with van der Waals surface area (Å²) in [5.41, 5.74) is -0.880. The number of cyclic esters (lactones) is 1. The molecular formula is C16H25NO4. The van der Waals surface area contributed by atoms with E-state index in [4.69, 9.17) is 9.84 Å². The number of carbonyl (C=O) groups excluding carboxylic acids is 1. The summed E-state index contributed by atoms with van der Waals surface area (Å²) in [4.78, 5) is 25.1. The van der Waals surface area contributed by atoms with Gasteiger partial charge in [0.05, 0.1) is 5.41 Å². The van der Waals surface area contributed by atoms with Gasteiger partial charge in [0.2, 0.25) is 0 Å². The zero-order valence-electron chi connectivity index (χ0n) is 13.1. The fourth-order valence-corrected chi connectivity index (χ4v) is 4.20. The van der Waals surface area contributed by atoms with Gasteiger partial charge in [-0.1, -0.05) is 20.8 Å². The quantitative estimate of drug-likeness (QED) is 0.755. The Bertz CT molecular complexity index is 469. The van der Waals surface area contributed by atoms with Crippen molar-refractivity contribution in [1.82, 2.24) is 4.90 Å². The predicted octanol–water partition coefficient (Wildman–Crippen LogP) is 2.89. The molecule has 2 aliphatic heterocycles. The Morgan fingerprint density at radius 1 is 1.29 bits per heavy atom. The van der Waals surface area contributed by atoms with Crippen molar-refractivity contribution < 1.29 is 19.4 Å². The van der Waals surface area contributed by atoms with Crippen molar-refractivity contribution in [2.75, 3.05) is 13.1 Å². The van der Waals surface area contributed by atoms with E-state index >= 15 is 0 Å². The number of hydrogen-bond donors (Lipinski definition) is 1. The number of amides is 1. The molecule has 2 saturated heterocycles. The topological polar surface area (TPSA) is 66.8 Å². The summed E-state index contributed by atoms with van der Waals surface area (Å²) in [5, 5.41) is 9.08. The minimum absolute atomic E-state index is 0.0722. The third-order valence-corrected chi connectivity index (χ3v) is 5.81. The minimum atomic E-state index is -0.888. The van der Waals surface area contributed by atoms with Gasteiger partial charge < -0.3 is 14.7 Å². The highest BCUT2D eigenvalue weighted by Gasteiger charge is 2.66. The van der Waals surface area contributed by atoms with Gasteiger partial charge in [0.25, 0.3) is 0 Å². The van der Waals surface area contributed by atoms with Gasteiger partial charge in [-0.2, -0.15) is 0 Å². The van der Waals surface area contributed by atoms with Crippen molar-refractivity contribution in [3.63, 3.8) is 0 Å². The van der Waals surface area contributed by atoms with E-state index in [0.29, 0.717) is 31.8 Å². The van der Waals surface area contributed by atoms with Gasteiger partial charge in [-0.05, 0) is 31.6 Å². The molecule has 0 aromatic carbocycles. The smallest absolute Gasteiger partial charge is 0.407 e. The van der Waals surface area contributed by atoms with Crippen LogP contribution < -0.4 is 0 Å². The summed E-state index contributed by atoms with van der Waals surface area (Å²) in [6.45, 7) is 7.35. The van der Waals surface area contributed by atoms with Crippen molar-refractivity contribution in [3.05, 3.63) is 0 Å². The number of likely N-dealkylation sites (tertiary alicyclic amines) is 1. The third-order valence-electron chi connectivity index (χ3n) is 5.81. The Labute approximate surface area is 125 Å². The molecule has 3 rings (SSSR count). The van der Waals surface area contributed by atoms with Crippen molar-refractivity contribution >= 4 is 12.1 Å². The average Bonchev–Trinajstić information content (AvgIpc) is 3.17. The molecule has 1 atom stereocenters. The number of rotatable bonds is 1. The maximum absolute atomic E-state index is 12.6. The zero-order valence-corrected chi connectivity index (χ0v) is 13.1. The largest absolute Gasteiger partial charge is 0.465 e. The maximum Gasteiger partial charge on any atom is 0.407 e. The van der Waals surface area contributed by atoms with Gasteiger partial charge in [-0.25, -0.2) is 4.79 Å². The van der Waals surface area contributed by atoms with E-state index in [2.05, 4.69) is 20.8 Å². The van der Waals surface area contributed by atoms with Crippen LogP contribution in [-0.4, -0.2) is 40.8 Å². The summed E-state index contributed by atoms with van der Waals surface area (Å²) >= 11 is 0. The molecular weight excluding hydrogens is 270 g/mol. The van der Waals surface area contributed by atoms with Crippen LogP contribution >= 0.6 is 0 Å². The van der Waals surface area contributed by atoms with E-state index in [1.165, 1.54) is 4.90 Å². The van der Waals surface area contributed by atoms with E-state index in [9.17, 15) is 9.59 Å². The number of esters is 1. The molecule has 0 radical (unpaired) electrons. The highest BCUT2D eigenvalue weighted by atomic mass is 16.6. The first-order valence-electron chi connectivity index (χ1n) is 7.92. The molecule has 1 aliphatic carbocycles. The summed E-state index contributed by atoms with van der Waals surface area (Å²) in [7, 11) is 0. The second-order valence-corrected chi connectivity index (χ2v) is 8.03. The summed E-state index contributed by atoms with van der Waals surface area (Å²) in [5.74, 6) is 0.396. The SMILES string of the molecule is CC(C)(C)C1(C2CC2)CC2(CCN(C(=O)O)CC2)C(=O)O1. The predicted molar refractivity (Wildman–Crippen MR) is 76.9 cm³/mol. The van der Waals surface area contributed by atoms with Crippen molar-refractivity contribution in [1.29, 1.82) is 0 Å². The van der Waals surface area contributed by atoms with E-state index < -0.39 is 11.5 Å². The lowest BCUT2D eigenvalue weighted by Crippen LogP contribution is -2.47. The number of nitrogens with zero attached hydrogens (tertiary/aromatic N) is 1. The molecule has 1 spiro atoms. The Hall–Kier alpha value is -1.26. The lowest BCUT2D eigenvalue weighted by atomic mass is 9.64. The molecule has 5 heteroatoms. The first kappa shape index (κ1) is 14.7. The second-order valence-electron chi connectivity index (χ2n) is 8.03. The molecule has 0 aromatic heterocycles. The van der Waals surface area contributed by atoms with E-state index in [1.54, 1.807) is 0 Å². The molecule has 3 aliphatic rings. The van der Waals surface area contributed by atoms with Gasteiger partial charge in [-0.15, -0.1) is 0 Å². The number of piperidine rings is 1.